The molecule has 0 aliphatic carbocycles. The third kappa shape index (κ3) is 3.78. The Labute approximate surface area is 105 Å². The number of hydrogen-bond donors (Lipinski definition) is 1. The number of aryl methyl sites for hydroxylation is 1. The minimum Gasteiger partial charge on any atom is -0.465 e. The number of sulfonamides is 1. The van der Waals surface area contributed by atoms with Crippen LogP contribution in [0.3, 0.4) is 0 Å². The summed E-state index contributed by atoms with van der Waals surface area (Å²) >= 11 is 0. The second-order valence-corrected chi connectivity index (χ2v) is 5.27. The van der Waals surface area contributed by atoms with Gasteiger partial charge in [-0.05, 0) is 31.5 Å². The second-order valence-electron chi connectivity index (χ2n) is 3.54. The molecule has 5 nitrogen and oxygen atoms in total. The van der Waals surface area contributed by atoms with Crippen LogP contribution in [0.4, 0.5) is 4.39 Å². The van der Waals surface area contributed by atoms with Crippen molar-refractivity contribution in [1.82, 2.24) is 4.72 Å². The van der Waals surface area contributed by atoms with Crippen LogP contribution in [-0.4, -0.2) is 27.5 Å². The van der Waals surface area contributed by atoms with Crippen molar-refractivity contribution in [2.45, 2.75) is 18.7 Å². The normalized spacial score (nSPS) is 11.3. The van der Waals surface area contributed by atoms with Crippen LogP contribution in [0.5, 0.6) is 0 Å². The molecule has 1 N–H and O–H groups in total. The van der Waals surface area contributed by atoms with Crippen LogP contribution < -0.4 is 4.72 Å². The average molecular weight is 275 g/mol. The third-order valence-corrected chi connectivity index (χ3v) is 3.69. The monoisotopic (exact) mass is 275 g/mol. The smallest absolute Gasteiger partial charge is 0.321 e. The number of benzene rings is 1. The SMILES string of the molecule is CCOC(=O)CNS(=O)(=O)c1cc(F)ccc1C. The highest BCUT2D eigenvalue weighted by Gasteiger charge is 2.18. The predicted octanol–water partition coefficient (Wildman–Crippen LogP) is 0.976. The molecular weight excluding hydrogens is 261 g/mol. The topological polar surface area (TPSA) is 72.5 Å². The molecule has 0 aromatic heterocycles. The average Bonchev–Trinajstić information content (AvgIpc) is 2.30. The maximum absolute atomic E-state index is 13.0. The molecule has 1 aromatic carbocycles. The number of halogens is 1. The van der Waals surface area contributed by atoms with Gasteiger partial charge in [-0.2, -0.15) is 4.72 Å². The van der Waals surface area contributed by atoms with Gasteiger partial charge in [-0.3, -0.25) is 4.79 Å². The maximum atomic E-state index is 13.0. The molecule has 7 heteroatoms. The Kier molecular flexibility index (Phi) is 4.80. The summed E-state index contributed by atoms with van der Waals surface area (Å²) in [6.07, 6.45) is 0. The molecule has 0 bridgehead atoms. The maximum Gasteiger partial charge on any atom is 0.321 e. The highest BCUT2D eigenvalue weighted by molar-refractivity contribution is 7.89. The largest absolute Gasteiger partial charge is 0.465 e. The number of carbonyl (C=O) groups excluding carboxylic acids is 1. The van der Waals surface area contributed by atoms with E-state index in [0.717, 1.165) is 6.07 Å². The van der Waals surface area contributed by atoms with E-state index in [2.05, 4.69) is 9.46 Å². The summed E-state index contributed by atoms with van der Waals surface area (Å²) in [6, 6.07) is 3.43. The van der Waals surface area contributed by atoms with E-state index < -0.39 is 28.4 Å². The minimum absolute atomic E-state index is 0.166. The molecule has 0 heterocycles. The van der Waals surface area contributed by atoms with Gasteiger partial charge >= 0.3 is 5.97 Å². The highest BCUT2D eigenvalue weighted by Crippen LogP contribution is 2.15. The molecule has 18 heavy (non-hydrogen) atoms. The molecule has 0 aliphatic rings. The van der Waals surface area contributed by atoms with Crippen molar-refractivity contribution in [2.24, 2.45) is 0 Å². The lowest BCUT2D eigenvalue weighted by molar-refractivity contribution is -0.141. The quantitative estimate of drug-likeness (QED) is 0.813. The van der Waals surface area contributed by atoms with Crippen molar-refractivity contribution >= 4 is 16.0 Å². The zero-order valence-corrected chi connectivity index (χ0v) is 10.9. The van der Waals surface area contributed by atoms with Gasteiger partial charge in [0.2, 0.25) is 10.0 Å². The van der Waals surface area contributed by atoms with E-state index in [1.165, 1.54) is 12.1 Å². The van der Waals surface area contributed by atoms with Gasteiger partial charge in [0.25, 0.3) is 0 Å². The van der Waals surface area contributed by atoms with E-state index in [-0.39, 0.29) is 11.5 Å². The molecule has 0 radical (unpaired) electrons. The zero-order valence-electron chi connectivity index (χ0n) is 10.1. The van der Waals surface area contributed by atoms with E-state index in [9.17, 15) is 17.6 Å². The van der Waals surface area contributed by atoms with E-state index in [1.54, 1.807) is 13.8 Å². The molecule has 0 aliphatic heterocycles. The molecule has 0 saturated heterocycles. The van der Waals surface area contributed by atoms with Crippen molar-refractivity contribution in [2.75, 3.05) is 13.2 Å². The summed E-state index contributed by atoms with van der Waals surface area (Å²) in [7, 11) is -3.92. The molecule has 0 unspecified atom stereocenters. The molecule has 1 rings (SSSR count). The highest BCUT2D eigenvalue weighted by atomic mass is 32.2. The Morgan fingerprint density at radius 1 is 1.44 bits per heavy atom. The fourth-order valence-electron chi connectivity index (χ4n) is 1.31. The van der Waals surface area contributed by atoms with E-state index >= 15 is 0 Å². The molecule has 0 spiro atoms. The number of esters is 1. The molecule has 0 saturated carbocycles. The Balaban J connectivity index is 2.87. The summed E-state index contributed by atoms with van der Waals surface area (Å²) in [5, 5.41) is 0. The molecular formula is C11H14FNO4S. The number of hydrogen-bond acceptors (Lipinski definition) is 4. The third-order valence-electron chi connectivity index (χ3n) is 2.15. The molecule has 1 aromatic rings. The molecule has 0 fully saturated rings. The van der Waals surface area contributed by atoms with Crippen LogP contribution in [0.2, 0.25) is 0 Å². The van der Waals surface area contributed by atoms with E-state index in [1.807, 2.05) is 0 Å². The summed E-state index contributed by atoms with van der Waals surface area (Å²) in [5.74, 6) is -1.34. The van der Waals surface area contributed by atoms with Crippen molar-refractivity contribution in [3.05, 3.63) is 29.6 Å². The Morgan fingerprint density at radius 3 is 2.72 bits per heavy atom. The summed E-state index contributed by atoms with van der Waals surface area (Å²) < 4.78 is 43.3. The lowest BCUT2D eigenvalue weighted by Crippen LogP contribution is -2.31. The number of nitrogens with one attached hydrogen (secondary N) is 1. The summed E-state index contributed by atoms with van der Waals surface area (Å²) in [4.78, 5) is 10.9. The fourth-order valence-corrected chi connectivity index (χ4v) is 2.53. The van der Waals surface area contributed by atoms with Gasteiger partial charge in [0.1, 0.15) is 12.4 Å². The first kappa shape index (κ1) is 14.6. The van der Waals surface area contributed by atoms with Gasteiger partial charge in [0, 0.05) is 0 Å². The lowest BCUT2D eigenvalue weighted by atomic mass is 10.2. The van der Waals surface area contributed by atoms with Gasteiger partial charge < -0.3 is 4.74 Å². The summed E-state index contributed by atoms with van der Waals surface area (Å²) in [6.45, 7) is 2.84. The minimum atomic E-state index is -3.92. The Morgan fingerprint density at radius 2 is 2.11 bits per heavy atom. The predicted molar refractivity (Wildman–Crippen MR) is 63.0 cm³/mol. The zero-order chi connectivity index (χ0) is 13.8. The van der Waals surface area contributed by atoms with Crippen molar-refractivity contribution in [1.29, 1.82) is 0 Å². The summed E-state index contributed by atoms with van der Waals surface area (Å²) in [5.41, 5.74) is 0.396. The van der Waals surface area contributed by atoms with Gasteiger partial charge in [-0.1, -0.05) is 6.07 Å². The van der Waals surface area contributed by atoms with Gasteiger partial charge in [0.15, 0.2) is 0 Å². The Bertz CT molecular complexity index is 542. The van der Waals surface area contributed by atoms with Crippen LogP contribution in [0.15, 0.2) is 23.1 Å². The number of ether oxygens (including phenoxy) is 1. The van der Waals surface area contributed by atoms with Gasteiger partial charge in [-0.15, -0.1) is 0 Å². The first-order chi connectivity index (χ1) is 8.36. The lowest BCUT2D eigenvalue weighted by Gasteiger charge is -2.08. The number of carbonyl (C=O) groups is 1. The number of rotatable bonds is 5. The first-order valence-electron chi connectivity index (χ1n) is 5.28. The van der Waals surface area contributed by atoms with E-state index in [4.69, 9.17) is 0 Å². The molecule has 100 valence electrons. The first-order valence-corrected chi connectivity index (χ1v) is 6.76. The van der Waals surface area contributed by atoms with Crippen LogP contribution in [0.25, 0.3) is 0 Å². The Hall–Kier alpha value is -1.47. The molecule has 0 amide bonds. The molecule has 0 atom stereocenters. The van der Waals surface area contributed by atoms with Crippen molar-refractivity contribution in [3.63, 3.8) is 0 Å². The van der Waals surface area contributed by atoms with Crippen molar-refractivity contribution in [3.8, 4) is 0 Å². The van der Waals surface area contributed by atoms with Gasteiger partial charge in [0.05, 0.1) is 11.5 Å². The van der Waals surface area contributed by atoms with Gasteiger partial charge in [-0.25, -0.2) is 12.8 Å². The van der Waals surface area contributed by atoms with Crippen LogP contribution >= 0.6 is 0 Å². The van der Waals surface area contributed by atoms with Crippen LogP contribution in [-0.2, 0) is 19.6 Å². The van der Waals surface area contributed by atoms with Crippen LogP contribution in [0.1, 0.15) is 12.5 Å². The van der Waals surface area contributed by atoms with Crippen molar-refractivity contribution < 1.29 is 22.3 Å². The van der Waals surface area contributed by atoms with E-state index in [0.29, 0.717) is 5.56 Å². The second kappa shape index (κ2) is 5.92. The van der Waals surface area contributed by atoms with Crippen LogP contribution in [0, 0.1) is 12.7 Å². The standard InChI is InChI=1S/C11H14FNO4S/c1-3-17-11(14)7-13-18(15,16)10-6-9(12)5-4-8(10)2/h4-6,13H,3,7H2,1-2H3. The fraction of sp³-hybridized carbons (Fsp3) is 0.364.